The Hall–Kier alpha value is -1.14. The second-order valence-electron chi connectivity index (χ2n) is 5.52. The number of nitrogens with two attached hydrogens (primary N) is 1. The van der Waals surface area contributed by atoms with Gasteiger partial charge in [0.25, 0.3) is 0 Å². The Kier molecular flexibility index (Phi) is 3.59. The Morgan fingerprint density at radius 2 is 2.06 bits per heavy atom. The van der Waals surface area contributed by atoms with Gasteiger partial charge in [-0.2, -0.15) is 0 Å². The van der Waals surface area contributed by atoms with E-state index in [1.54, 1.807) is 0 Å². The summed E-state index contributed by atoms with van der Waals surface area (Å²) in [6.45, 7) is 0.587. The zero-order chi connectivity index (χ0) is 13.3. The Morgan fingerprint density at radius 1 is 1.39 bits per heavy atom. The molecule has 1 saturated heterocycles. The number of rotatable bonds is 4. The van der Waals surface area contributed by atoms with Gasteiger partial charge < -0.3 is 20.8 Å². The van der Waals surface area contributed by atoms with Crippen molar-refractivity contribution >= 4 is 11.9 Å². The topological polar surface area (TPSA) is 104 Å². The number of aliphatic hydroxyl groups excluding tert-OH is 1. The van der Waals surface area contributed by atoms with Crippen LogP contribution in [0.15, 0.2) is 0 Å². The summed E-state index contributed by atoms with van der Waals surface area (Å²) in [6.07, 6.45) is 2.64. The van der Waals surface area contributed by atoms with Crippen LogP contribution in [0, 0.1) is 5.41 Å². The predicted octanol–water partition coefficient (Wildman–Crippen LogP) is -0.448. The fraction of sp³-hybridized carbons (Fsp3) is 0.833. The fourth-order valence-corrected chi connectivity index (χ4v) is 2.88. The first-order valence-electron chi connectivity index (χ1n) is 6.38. The molecule has 1 saturated carbocycles. The van der Waals surface area contributed by atoms with Crippen molar-refractivity contribution in [1.82, 2.24) is 4.90 Å². The number of likely N-dealkylation sites (tertiary alicyclic amines) is 1. The molecule has 0 aromatic carbocycles. The number of aliphatic hydroxyl groups is 1. The molecule has 2 rings (SSSR count). The van der Waals surface area contributed by atoms with E-state index in [9.17, 15) is 14.7 Å². The maximum absolute atomic E-state index is 12.2. The maximum atomic E-state index is 12.2. The van der Waals surface area contributed by atoms with Gasteiger partial charge >= 0.3 is 5.97 Å². The molecule has 0 spiro atoms. The molecule has 6 heteroatoms. The zero-order valence-corrected chi connectivity index (χ0v) is 10.3. The van der Waals surface area contributed by atoms with Crippen molar-refractivity contribution in [3.63, 3.8) is 0 Å². The highest BCUT2D eigenvalue weighted by Gasteiger charge is 2.43. The summed E-state index contributed by atoms with van der Waals surface area (Å²) in [5.74, 6) is -1.24. The molecule has 18 heavy (non-hydrogen) atoms. The third-order valence-corrected chi connectivity index (χ3v) is 4.26. The zero-order valence-electron chi connectivity index (χ0n) is 10.3. The summed E-state index contributed by atoms with van der Waals surface area (Å²) in [4.78, 5) is 24.5. The van der Waals surface area contributed by atoms with Crippen LogP contribution >= 0.6 is 0 Å². The number of hydrogen-bond acceptors (Lipinski definition) is 4. The van der Waals surface area contributed by atoms with Crippen LogP contribution in [0.2, 0.25) is 0 Å². The van der Waals surface area contributed by atoms with E-state index in [-0.39, 0.29) is 24.3 Å². The first kappa shape index (κ1) is 13.3. The normalized spacial score (nSPS) is 30.0. The lowest BCUT2D eigenvalue weighted by molar-refractivity contribution is -0.149. The molecule has 1 aliphatic heterocycles. The Balaban J connectivity index is 2.01. The van der Waals surface area contributed by atoms with Gasteiger partial charge in [-0.05, 0) is 24.8 Å². The number of aliphatic carboxylic acids is 1. The highest BCUT2D eigenvalue weighted by Crippen LogP contribution is 2.43. The minimum atomic E-state index is -1.05. The molecule has 0 radical (unpaired) electrons. The summed E-state index contributed by atoms with van der Waals surface area (Å²) >= 11 is 0. The van der Waals surface area contributed by atoms with Crippen LogP contribution < -0.4 is 5.73 Å². The second kappa shape index (κ2) is 4.85. The lowest BCUT2D eigenvalue weighted by Gasteiger charge is -2.41. The van der Waals surface area contributed by atoms with Crippen molar-refractivity contribution in [3.05, 3.63) is 0 Å². The summed E-state index contributed by atoms with van der Waals surface area (Å²) in [5.41, 5.74) is 5.57. The maximum Gasteiger partial charge on any atom is 0.326 e. The molecule has 102 valence electrons. The van der Waals surface area contributed by atoms with E-state index in [4.69, 9.17) is 10.8 Å². The molecule has 0 aromatic heterocycles. The molecule has 2 atom stereocenters. The van der Waals surface area contributed by atoms with E-state index in [1.165, 1.54) is 4.90 Å². The first-order valence-corrected chi connectivity index (χ1v) is 6.38. The predicted molar refractivity (Wildman–Crippen MR) is 63.7 cm³/mol. The third-order valence-electron chi connectivity index (χ3n) is 4.26. The van der Waals surface area contributed by atoms with E-state index in [1.807, 2.05) is 0 Å². The SMILES string of the molecule is NCC1(CC(=O)N2CC(O)CC2C(=O)O)CCC1. The van der Waals surface area contributed by atoms with E-state index >= 15 is 0 Å². The standard InChI is InChI=1S/C12H20N2O4/c13-7-12(2-1-3-12)5-10(16)14-6-8(15)4-9(14)11(17)18/h8-9,15H,1-7,13H2,(H,17,18). The minimum absolute atomic E-state index is 0.121. The van der Waals surface area contributed by atoms with Crippen molar-refractivity contribution in [2.75, 3.05) is 13.1 Å². The van der Waals surface area contributed by atoms with Gasteiger partial charge in [0.05, 0.1) is 6.10 Å². The molecule has 1 aliphatic carbocycles. The quantitative estimate of drug-likeness (QED) is 0.632. The smallest absolute Gasteiger partial charge is 0.326 e. The molecule has 2 aliphatic rings. The molecule has 4 N–H and O–H groups in total. The van der Waals surface area contributed by atoms with Gasteiger partial charge in [-0.3, -0.25) is 4.79 Å². The van der Waals surface area contributed by atoms with Crippen LogP contribution in [0.3, 0.4) is 0 Å². The van der Waals surface area contributed by atoms with Gasteiger partial charge in [0.15, 0.2) is 0 Å². The second-order valence-corrected chi connectivity index (χ2v) is 5.52. The van der Waals surface area contributed by atoms with Crippen LogP contribution in [-0.4, -0.2) is 52.2 Å². The molecule has 6 nitrogen and oxygen atoms in total. The molecule has 1 heterocycles. The van der Waals surface area contributed by atoms with E-state index in [2.05, 4.69) is 0 Å². The molecule has 0 bridgehead atoms. The van der Waals surface area contributed by atoms with Crippen LogP contribution in [0.5, 0.6) is 0 Å². The van der Waals surface area contributed by atoms with Crippen LogP contribution in [0.4, 0.5) is 0 Å². The number of carboxylic acid groups (broad SMARTS) is 1. The minimum Gasteiger partial charge on any atom is -0.480 e. The molecular weight excluding hydrogens is 236 g/mol. The third kappa shape index (κ3) is 2.35. The lowest BCUT2D eigenvalue weighted by atomic mass is 9.66. The molecule has 1 amide bonds. The largest absolute Gasteiger partial charge is 0.480 e. The van der Waals surface area contributed by atoms with Crippen LogP contribution in [0.1, 0.15) is 32.1 Å². The van der Waals surface area contributed by atoms with Gasteiger partial charge in [-0.25, -0.2) is 4.79 Å². The number of carboxylic acids is 1. The summed E-state index contributed by atoms with van der Waals surface area (Å²) in [6, 6.07) is -0.887. The van der Waals surface area contributed by atoms with E-state index in [0.717, 1.165) is 19.3 Å². The highest BCUT2D eigenvalue weighted by atomic mass is 16.4. The molecule has 0 aromatic rings. The van der Waals surface area contributed by atoms with Crippen molar-refractivity contribution in [1.29, 1.82) is 0 Å². The number of nitrogens with zero attached hydrogens (tertiary/aromatic N) is 1. The monoisotopic (exact) mass is 256 g/mol. The first-order chi connectivity index (χ1) is 8.47. The Morgan fingerprint density at radius 3 is 2.50 bits per heavy atom. The highest BCUT2D eigenvalue weighted by molar-refractivity contribution is 5.85. The van der Waals surface area contributed by atoms with E-state index < -0.39 is 18.1 Å². The molecule has 2 fully saturated rings. The van der Waals surface area contributed by atoms with Gasteiger partial charge in [0.1, 0.15) is 6.04 Å². The van der Waals surface area contributed by atoms with Crippen molar-refractivity contribution < 1.29 is 19.8 Å². The fourth-order valence-electron chi connectivity index (χ4n) is 2.88. The molecule has 2 unspecified atom stereocenters. The summed E-state index contributed by atoms with van der Waals surface area (Å²) in [5, 5.41) is 18.6. The number of β-amino-alcohol motifs (C(OH)–C–C–N with tert-alkyl or cyclic N) is 1. The van der Waals surface area contributed by atoms with Gasteiger partial charge in [-0.15, -0.1) is 0 Å². The summed E-state index contributed by atoms with van der Waals surface area (Å²) in [7, 11) is 0. The van der Waals surface area contributed by atoms with Gasteiger partial charge in [0, 0.05) is 19.4 Å². The van der Waals surface area contributed by atoms with Gasteiger partial charge in [0.2, 0.25) is 5.91 Å². The number of carbonyl (C=O) groups excluding carboxylic acids is 1. The Bertz CT molecular complexity index is 348. The lowest BCUT2D eigenvalue weighted by Crippen LogP contribution is -2.46. The van der Waals surface area contributed by atoms with E-state index in [0.29, 0.717) is 13.0 Å². The average molecular weight is 256 g/mol. The Labute approximate surface area is 106 Å². The van der Waals surface area contributed by atoms with Gasteiger partial charge in [-0.1, -0.05) is 6.42 Å². The van der Waals surface area contributed by atoms with Crippen LogP contribution in [-0.2, 0) is 9.59 Å². The average Bonchev–Trinajstić information content (AvgIpc) is 2.66. The number of carbonyl (C=O) groups is 2. The number of amides is 1. The van der Waals surface area contributed by atoms with Crippen molar-refractivity contribution in [2.45, 2.75) is 44.2 Å². The number of hydrogen-bond donors (Lipinski definition) is 3. The van der Waals surface area contributed by atoms with Crippen molar-refractivity contribution in [2.24, 2.45) is 11.1 Å². The molecular formula is C12H20N2O4. The van der Waals surface area contributed by atoms with Crippen LogP contribution in [0.25, 0.3) is 0 Å². The van der Waals surface area contributed by atoms with Crippen molar-refractivity contribution in [3.8, 4) is 0 Å². The summed E-state index contributed by atoms with van der Waals surface area (Å²) < 4.78 is 0.